The summed E-state index contributed by atoms with van der Waals surface area (Å²) in [5.74, 6) is -0.0767. The Morgan fingerprint density at radius 3 is 2.25 bits per heavy atom. The molecule has 1 aliphatic heterocycles. The third-order valence-corrected chi connectivity index (χ3v) is 6.90. The van der Waals surface area contributed by atoms with Gasteiger partial charge in [-0.25, -0.2) is 8.42 Å². The predicted molar refractivity (Wildman–Crippen MR) is 81.1 cm³/mol. The molecule has 7 heteroatoms. The van der Waals surface area contributed by atoms with Crippen molar-refractivity contribution in [3.63, 3.8) is 0 Å². The van der Waals surface area contributed by atoms with Crippen LogP contribution in [0.4, 0.5) is 0 Å². The lowest BCUT2D eigenvalue weighted by Gasteiger charge is -2.24. The van der Waals surface area contributed by atoms with Crippen LogP contribution in [0.5, 0.6) is 0 Å². The summed E-state index contributed by atoms with van der Waals surface area (Å²) >= 11 is 1.02. The van der Waals surface area contributed by atoms with Gasteiger partial charge in [0, 0.05) is 29.2 Å². The van der Waals surface area contributed by atoms with Crippen LogP contribution in [0.2, 0.25) is 0 Å². The number of thiophene rings is 1. The maximum absolute atomic E-state index is 12.5. The topological polar surface area (TPSA) is 54.5 Å². The molecule has 0 aliphatic carbocycles. The van der Waals surface area contributed by atoms with E-state index in [2.05, 4.69) is 0 Å². The molecule has 20 heavy (non-hydrogen) atoms. The first-order valence-corrected chi connectivity index (χ1v) is 9.92. The number of hydrogen-bond acceptors (Lipinski definition) is 4. The molecule has 0 atom stereocenters. The van der Waals surface area contributed by atoms with E-state index in [-0.39, 0.29) is 10.1 Å². The maximum atomic E-state index is 12.5. The molecular weight excluding hydrogens is 318 g/mol. The zero-order valence-corrected chi connectivity index (χ0v) is 13.8. The first-order valence-electron chi connectivity index (χ1n) is 6.73. The Morgan fingerprint density at radius 2 is 1.75 bits per heavy atom. The minimum Gasteiger partial charge on any atom is -0.339 e. The van der Waals surface area contributed by atoms with E-state index >= 15 is 0 Å². The number of carbonyl (C=O) groups excluding carboxylic acids is 1. The molecule has 0 unspecified atom stereocenters. The van der Waals surface area contributed by atoms with Crippen molar-refractivity contribution < 1.29 is 13.2 Å². The molecule has 1 fully saturated rings. The summed E-state index contributed by atoms with van der Waals surface area (Å²) in [5.41, 5.74) is 0.937. The Hall–Kier alpha value is -0.590. The first kappa shape index (κ1) is 15.8. The van der Waals surface area contributed by atoms with Crippen LogP contribution in [0, 0.1) is 6.92 Å². The summed E-state index contributed by atoms with van der Waals surface area (Å²) < 4.78 is 22.9. The molecule has 112 valence electrons. The van der Waals surface area contributed by atoms with Gasteiger partial charge in [-0.05, 0) is 25.3 Å². The van der Waals surface area contributed by atoms with Gasteiger partial charge in [0.2, 0.25) is 0 Å². The summed E-state index contributed by atoms with van der Waals surface area (Å²) in [6.07, 6.45) is 5.54. The second-order valence-electron chi connectivity index (χ2n) is 5.06. The van der Waals surface area contributed by atoms with E-state index in [0.717, 1.165) is 50.1 Å². The highest BCUT2D eigenvalue weighted by molar-refractivity contribution is 8.15. The normalized spacial score (nSPS) is 17.6. The number of hydrogen-bond donors (Lipinski definition) is 0. The number of halogens is 1. The van der Waals surface area contributed by atoms with Crippen molar-refractivity contribution in [2.24, 2.45) is 0 Å². The predicted octanol–water partition coefficient (Wildman–Crippen LogP) is 3.39. The van der Waals surface area contributed by atoms with Gasteiger partial charge in [0.25, 0.3) is 15.0 Å². The summed E-state index contributed by atoms with van der Waals surface area (Å²) in [6.45, 7) is 3.14. The van der Waals surface area contributed by atoms with Crippen molar-refractivity contribution in [3.8, 4) is 0 Å². The van der Waals surface area contributed by atoms with Crippen LogP contribution >= 0.6 is 22.0 Å². The molecule has 0 bridgehead atoms. The Balaban J connectivity index is 2.22. The van der Waals surface area contributed by atoms with E-state index in [1.807, 2.05) is 4.90 Å². The van der Waals surface area contributed by atoms with E-state index in [1.54, 1.807) is 12.3 Å². The quantitative estimate of drug-likeness (QED) is 0.778. The average molecular weight is 336 g/mol. The minimum absolute atomic E-state index is 0.0767. The standard InChI is InChI=1S/C13H18ClNO3S2/c1-10-11(9-19-13(10)20(14,17)18)12(16)15-7-5-3-2-4-6-8-15/h9H,2-8H2,1H3. The van der Waals surface area contributed by atoms with E-state index in [0.29, 0.717) is 11.1 Å². The van der Waals surface area contributed by atoms with Crippen LogP contribution in [0.15, 0.2) is 9.59 Å². The average Bonchev–Trinajstić information content (AvgIpc) is 2.69. The molecule has 0 saturated carbocycles. The van der Waals surface area contributed by atoms with Gasteiger partial charge in [0.15, 0.2) is 0 Å². The zero-order valence-electron chi connectivity index (χ0n) is 11.4. The summed E-state index contributed by atoms with van der Waals surface area (Å²) in [5, 5.41) is 1.60. The lowest BCUT2D eigenvalue weighted by atomic mass is 10.1. The highest BCUT2D eigenvalue weighted by Gasteiger charge is 2.25. The molecule has 1 aromatic heterocycles. The van der Waals surface area contributed by atoms with Crippen molar-refractivity contribution in [1.29, 1.82) is 0 Å². The van der Waals surface area contributed by atoms with Crippen molar-refractivity contribution in [1.82, 2.24) is 4.90 Å². The molecule has 1 aromatic rings. The van der Waals surface area contributed by atoms with Crippen molar-refractivity contribution >= 4 is 37.0 Å². The highest BCUT2D eigenvalue weighted by atomic mass is 35.7. The van der Waals surface area contributed by atoms with Crippen LogP contribution in [0.1, 0.15) is 48.0 Å². The van der Waals surface area contributed by atoms with Gasteiger partial charge in [-0.1, -0.05) is 19.3 Å². The first-order chi connectivity index (χ1) is 9.41. The Kier molecular flexibility index (Phi) is 5.09. The van der Waals surface area contributed by atoms with Gasteiger partial charge in [-0.3, -0.25) is 4.79 Å². The van der Waals surface area contributed by atoms with Gasteiger partial charge < -0.3 is 4.90 Å². The molecule has 0 radical (unpaired) electrons. The SMILES string of the molecule is Cc1c(C(=O)N2CCCCCCC2)csc1S(=O)(=O)Cl. The minimum atomic E-state index is -3.77. The monoisotopic (exact) mass is 335 g/mol. The van der Waals surface area contributed by atoms with Gasteiger partial charge in [-0.2, -0.15) is 0 Å². The molecule has 1 aliphatic rings. The van der Waals surface area contributed by atoms with Crippen molar-refractivity contribution in [2.45, 2.75) is 43.2 Å². The molecule has 0 spiro atoms. The van der Waals surface area contributed by atoms with Gasteiger partial charge in [0.05, 0.1) is 5.56 Å². The second kappa shape index (κ2) is 6.45. The second-order valence-corrected chi connectivity index (χ2v) is 8.70. The maximum Gasteiger partial charge on any atom is 0.271 e. The fourth-order valence-electron chi connectivity index (χ4n) is 2.47. The third kappa shape index (κ3) is 3.54. The summed E-state index contributed by atoms with van der Waals surface area (Å²) in [6, 6.07) is 0. The van der Waals surface area contributed by atoms with E-state index in [1.165, 1.54) is 6.42 Å². The van der Waals surface area contributed by atoms with Crippen molar-refractivity contribution in [3.05, 3.63) is 16.5 Å². The molecule has 1 saturated heterocycles. The summed E-state index contributed by atoms with van der Waals surface area (Å²) in [7, 11) is 1.60. The van der Waals surface area contributed by atoms with Crippen LogP contribution in [-0.2, 0) is 9.05 Å². The Bertz CT molecular complexity index is 587. The number of carbonyl (C=O) groups is 1. The smallest absolute Gasteiger partial charge is 0.271 e. The lowest BCUT2D eigenvalue weighted by Crippen LogP contribution is -2.33. The van der Waals surface area contributed by atoms with Gasteiger partial charge in [0.1, 0.15) is 4.21 Å². The fraction of sp³-hybridized carbons (Fsp3) is 0.615. The Morgan fingerprint density at radius 1 is 1.20 bits per heavy atom. The van der Waals surface area contributed by atoms with Gasteiger partial charge >= 0.3 is 0 Å². The largest absolute Gasteiger partial charge is 0.339 e. The molecule has 0 aromatic carbocycles. The van der Waals surface area contributed by atoms with Gasteiger partial charge in [-0.15, -0.1) is 11.3 Å². The van der Waals surface area contributed by atoms with E-state index in [4.69, 9.17) is 10.7 Å². The van der Waals surface area contributed by atoms with Crippen LogP contribution in [-0.4, -0.2) is 32.3 Å². The number of rotatable bonds is 2. The Labute approximate surface area is 128 Å². The van der Waals surface area contributed by atoms with Crippen LogP contribution in [0.3, 0.4) is 0 Å². The van der Waals surface area contributed by atoms with E-state index < -0.39 is 9.05 Å². The third-order valence-electron chi connectivity index (χ3n) is 3.59. The molecular formula is C13H18ClNO3S2. The number of nitrogens with zero attached hydrogens (tertiary/aromatic N) is 1. The fourth-order valence-corrected chi connectivity index (χ4v) is 5.01. The number of likely N-dealkylation sites (tertiary alicyclic amines) is 1. The zero-order chi connectivity index (χ0) is 14.8. The van der Waals surface area contributed by atoms with Crippen LogP contribution < -0.4 is 0 Å². The van der Waals surface area contributed by atoms with Crippen LogP contribution in [0.25, 0.3) is 0 Å². The van der Waals surface area contributed by atoms with E-state index in [9.17, 15) is 13.2 Å². The summed E-state index contributed by atoms with van der Waals surface area (Å²) in [4.78, 5) is 14.4. The number of amides is 1. The lowest BCUT2D eigenvalue weighted by molar-refractivity contribution is 0.0742. The molecule has 2 heterocycles. The molecule has 4 nitrogen and oxygen atoms in total. The molecule has 2 rings (SSSR count). The van der Waals surface area contributed by atoms with Crippen molar-refractivity contribution in [2.75, 3.05) is 13.1 Å². The molecule has 1 amide bonds. The molecule has 0 N–H and O–H groups in total. The highest BCUT2D eigenvalue weighted by Crippen LogP contribution is 2.30.